The van der Waals surface area contributed by atoms with Gasteiger partial charge >= 0.3 is 0 Å². The molecule has 0 unspecified atom stereocenters. The maximum absolute atomic E-state index is 13.3. The molecule has 0 saturated carbocycles. The average molecular weight is 532 g/mol. The van der Waals surface area contributed by atoms with Gasteiger partial charge in [-0.1, -0.05) is 33.6 Å². The SMILES string of the molecule is O=C(Nc1ccc(Br)c2cccnc12)c1ccc(Cn2nc(C(F)F)c(Cl)c2C(F)F)o1. The number of aromatic nitrogens is 3. The molecule has 0 aliphatic rings. The highest BCUT2D eigenvalue weighted by atomic mass is 79.9. The predicted octanol–water partition coefficient (Wildman–Crippen LogP) is 6.62. The van der Waals surface area contributed by atoms with Gasteiger partial charge in [0.1, 0.15) is 17.1 Å². The van der Waals surface area contributed by atoms with Crippen LogP contribution in [0.2, 0.25) is 5.02 Å². The van der Waals surface area contributed by atoms with Gasteiger partial charge in [-0.25, -0.2) is 17.6 Å². The molecule has 0 aliphatic heterocycles. The molecule has 1 N–H and O–H groups in total. The maximum atomic E-state index is 13.3. The van der Waals surface area contributed by atoms with Crippen LogP contribution < -0.4 is 5.32 Å². The Kier molecular flexibility index (Phi) is 6.20. The van der Waals surface area contributed by atoms with Gasteiger partial charge in [-0.15, -0.1) is 0 Å². The van der Waals surface area contributed by atoms with E-state index in [0.717, 1.165) is 9.86 Å². The summed E-state index contributed by atoms with van der Waals surface area (Å²) in [6.07, 6.45) is -4.66. The van der Waals surface area contributed by atoms with Crippen molar-refractivity contribution in [3.05, 3.63) is 75.0 Å². The molecule has 4 rings (SSSR count). The lowest BCUT2D eigenvalue weighted by Gasteiger charge is -2.08. The van der Waals surface area contributed by atoms with Crippen LogP contribution in [0.1, 0.15) is 40.6 Å². The lowest BCUT2D eigenvalue weighted by atomic mass is 10.2. The van der Waals surface area contributed by atoms with Gasteiger partial charge in [0.2, 0.25) is 0 Å². The molecule has 166 valence electrons. The highest BCUT2D eigenvalue weighted by Gasteiger charge is 2.28. The Balaban J connectivity index is 1.57. The molecule has 0 spiro atoms. The second-order valence-electron chi connectivity index (χ2n) is 6.56. The molecule has 1 aromatic carbocycles. The number of hydrogen-bond donors (Lipinski definition) is 1. The molecule has 0 atom stereocenters. The van der Waals surface area contributed by atoms with E-state index in [-0.39, 0.29) is 11.5 Å². The number of carbonyl (C=O) groups is 1. The minimum Gasteiger partial charge on any atom is -0.454 e. The third-order valence-electron chi connectivity index (χ3n) is 4.53. The Labute approximate surface area is 191 Å². The van der Waals surface area contributed by atoms with Crippen molar-refractivity contribution in [1.29, 1.82) is 0 Å². The van der Waals surface area contributed by atoms with Crippen molar-refractivity contribution in [3.63, 3.8) is 0 Å². The molecule has 3 aromatic heterocycles. The first-order chi connectivity index (χ1) is 15.3. The number of hydrogen-bond acceptors (Lipinski definition) is 4. The molecule has 0 aliphatic carbocycles. The zero-order valence-electron chi connectivity index (χ0n) is 15.8. The van der Waals surface area contributed by atoms with Crippen molar-refractivity contribution in [2.75, 3.05) is 5.32 Å². The van der Waals surface area contributed by atoms with Gasteiger partial charge in [0.15, 0.2) is 5.76 Å². The van der Waals surface area contributed by atoms with Gasteiger partial charge in [0.25, 0.3) is 18.8 Å². The van der Waals surface area contributed by atoms with Crippen LogP contribution in [-0.2, 0) is 6.54 Å². The van der Waals surface area contributed by atoms with E-state index in [4.69, 9.17) is 16.0 Å². The highest BCUT2D eigenvalue weighted by Crippen LogP contribution is 2.35. The van der Waals surface area contributed by atoms with E-state index in [1.54, 1.807) is 24.4 Å². The molecule has 4 aromatic rings. The number of benzene rings is 1. The summed E-state index contributed by atoms with van der Waals surface area (Å²) in [5.41, 5.74) is -0.806. The number of anilines is 1. The zero-order valence-corrected chi connectivity index (χ0v) is 18.2. The average Bonchev–Trinajstić information content (AvgIpc) is 3.35. The molecular formula is C20H12BrClF4N4O2. The first-order valence-corrected chi connectivity index (χ1v) is 10.2. The van der Waals surface area contributed by atoms with Crippen LogP contribution in [0, 0.1) is 0 Å². The van der Waals surface area contributed by atoms with E-state index < -0.39 is 41.7 Å². The number of fused-ring (bicyclic) bond motifs is 1. The summed E-state index contributed by atoms with van der Waals surface area (Å²) < 4.78 is 59.4. The van der Waals surface area contributed by atoms with Crippen molar-refractivity contribution >= 4 is 50.0 Å². The van der Waals surface area contributed by atoms with Crippen molar-refractivity contribution in [1.82, 2.24) is 14.8 Å². The van der Waals surface area contributed by atoms with E-state index >= 15 is 0 Å². The smallest absolute Gasteiger partial charge is 0.291 e. The number of alkyl halides is 4. The topological polar surface area (TPSA) is 73.0 Å². The fourth-order valence-corrected chi connectivity index (χ4v) is 3.85. The monoisotopic (exact) mass is 530 g/mol. The summed E-state index contributed by atoms with van der Waals surface area (Å²) >= 11 is 9.06. The molecule has 0 bridgehead atoms. The van der Waals surface area contributed by atoms with Crippen molar-refractivity contribution < 1.29 is 26.8 Å². The van der Waals surface area contributed by atoms with Crippen LogP contribution in [0.5, 0.6) is 0 Å². The number of furan rings is 1. The number of halogens is 6. The predicted molar refractivity (Wildman–Crippen MR) is 112 cm³/mol. The Morgan fingerprint density at radius 1 is 1.16 bits per heavy atom. The zero-order chi connectivity index (χ0) is 23.0. The van der Waals surface area contributed by atoms with Crippen LogP contribution in [0.25, 0.3) is 10.9 Å². The largest absolute Gasteiger partial charge is 0.454 e. The fraction of sp³-hybridized carbons (Fsp3) is 0.150. The van der Waals surface area contributed by atoms with Crippen LogP contribution in [-0.4, -0.2) is 20.7 Å². The van der Waals surface area contributed by atoms with Gasteiger partial charge < -0.3 is 9.73 Å². The van der Waals surface area contributed by atoms with E-state index in [1.165, 1.54) is 12.1 Å². The van der Waals surface area contributed by atoms with Crippen LogP contribution >= 0.6 is 27.5 Å². The second kappa shape index (κ2) is 8.91. The number of rotatable bonds is 6. The molecule has 3 heterocycles. The van der Waals surface area contributed by atoms with Crippen molar-refractivity contribution in [2.24, 2.45) is 0 Å². The summed E-state index contributed by atoms with van der Waals surface area (Å²) in [6.45, 7) is -0.415. The molecule has 0 radical (unpaired) electrons. The Bertz CT molecular complexity index is 1310. The Morgan fingerprint density at radius 2 is 1.94 bits per heavy atom. The summed E-state index contributed by atoms with van der Waals surface area (Å²) in [5, 5.41) is 6.15. The summed E-state index contributed by atoms with van der Waals surface area (Å²) in [7, 11) is 0. The van der Waals surface area contributed by atoms with E-state index in [1.807, 2.05) is 6.07 Å². The van der Waals surface area contributed by atoms with Crippen molar-refractivity contribution in [2.45, 2.75) is 19.4 Å². The van der Waals surface area contributed by atoms with Gasteiger partial charge in [-0.05, 0) is 30.3 Å². The van der Waals surface area contributed by atoms with Crippen LogP contribution in [0.15, 0.2) is 51.5 Å². The van der Waals surface area contributed by atoms with E-state index in [0.29, 0.717) is 15.9 Å². The molecule has 0 saturated heterocycles. The lowest BCUT2D eigenvalue weighted by molar-refractivity contribution is 0.0994. The summed E-state index contributed by atoms with van der Waals surface area (Å²) in [4.78, 5) is 16.9. The lowest BCUT2D eigenvalue weighted by Crippen LogP contribution is -2.11. The van der Waals surface area contributed by atoms with Gasteiger partial charge in [-0.3, -0.25) is 14.5 Å². The Morgan fingerprint density at radius 3 is 2.66 bits per heavy atom. The van der Waals surface area contributed by atoms with Gasteiger partial charge in [0.05, 0.1) is 22.8 Å². The van der Waals surface area contributed by atoms with Crippen LogP contribution in [0.4, 0.5) is 23.2 Å². The number of pyridine rings is 1. The molecule has 12 heteroatoms. The summed E-state index contributed by atoms with van der Waals surface area (Å²) in [5.74, 6) is -0.667. The first kappa shape index (κ1) is 22.3. The second-order valence-corrected chi connectivity index (χ2v) is 7.79. The number of nitrogens with zero attached hydrogens (tertiary/aromatic N) is 3. The number of carbonyl (C=O) groups excluding carboxylic acids is 1. The molecule has 6 nitrogen and oxygen atoms in total. The van der Waals surface area contributed by atoms with E-state index in [2.05, 4.69) is 31.3 Å². The molecule has 1 amide bonds. The third kappa shape index (κ3) is 4.22. The minimum absolute atomic E-state index is 0.0517. The first-order valence-electron chi connectivity index (χ1n) is 9.02. The number of amides is 1. The highest BCUT2D eigenvalue weighted by molar-refractivity contribution is 9.10. The summed E-state index contributed by atoms with van der Waals surface area (Å²) in [6, 6.07) is 9.69. The van der Waals surface area contributed by atoms with E-state index in [9.17, 15) is 22.4 Å². The Hall–Kier alpha value is -2.92. The molecular weight excluding hydrogens is 520 g/mol. The minimum atomic E-state index is -3.13. The van der Waals surface area contributed by atoms with Gasteiger partial charge in [0, 0.05) is 16.1 Å². The molecule has 0 fully saturated rings. The maximum Gasteiger partial charge on any atom is 0.291 e. The van der Waals surface area contributed by atoms with Gasteiger partial charge in [-0.2, -0.15) is 5.10 Å². The quantitative estimate of drug-likeness (QED) is 0.284. The third-order valence-corrected chi connectivity index (χ3v) is 5.60. The normalized spacial score (nSPS) is 11.6. The van der Waals surface area contributed by atoms with Crippen LogP contribution in [0.3, 0.4) is 0 Å². The number of nitrogens with one attached hydrogen (secondary N) is 1. The molecule has 32 heavy (non-hydrogen) atoms. The van der Waals surface area contributed by atoms with Crippen molar-refractivity contribution in [3.8, 4) is 0 Å². The standard InChI is InChI=1S/C20H12BrClF4N4O2/c21-11-4-5-12(15-10(11)2-1-7-27-15)28-20(31)13-6-3-9(32-13)8-30-17(19(25)26)14(22)16(29-30)18(23)24/h1-7,18-19H,8H2,(H,28,31). The fourth-order valence-electron chi connectivity index (χ4n) is 3.10.